The largest absolute Gasteiger partial charge is 0.493 e. The summed E-state index contributed by atoms with van der Waals surface area (Å²) in [5.74, 6) is 1.35. The van der Waals surface area contributed by atoms with Gasteiger partial charge in [-0.1, -0.05) is 13.8 Å². The number of nitriles is 1. The van der Waals surface area contributed by atoms with Crippen LogP contribution in [0.25, 0.3) is 0 Å². The van der Waals surface area contributed by atoms with Crippen LogP contribution in [0.2, 0.25) is 0 Å². The number of esters is 1. The Bertz CT molecular complexity index is 785. The van der Waals surface area contributed by atoms with Crippen LogP contribution in [0.4, 0.5) is 0 Å². The second-order valence-electron chi connectivity index (χ2n) is 7.22. The number of fused-ring (bicyclic) bond motifs is 1. The third-order valence-electron chi connectivity index (χ3n) is 4.74. The molecule has 1 aliphatic heterocycles. The zero-order valence-electron chi connectivity index (χ0n) is 16.9. The molecular weight excluding hydrogens is 376 g/mol. The van der Waals surface area contributed by atoms with Crippen LogP contribution < -0.4 is 9.47 Å². The highest BCUT2D eigenvalue weighted by Gasteiger charge is 2.36. The van der Waals surface area contributed by atoms with Crippen LogP contribution in [0.15, 0.2) is 17.1 Å². The normalized spacial score (nSPS) is 15.1. The Morgan fingerprint density at radius 3 is 2.61 bits per heavy atom. The molecule has 0 fully saturated rings. The molecule has 0 N–H and O–H groups in total. The quantitative estimate of drug-likeness (QED) is 0.502. The Morgan fingerprint density at radius 1 is 1.32 bits per heavy atom. The van der Waals surface area contributed by atoms with Gasteiger partial charge in [0.2, 0.25) is 0 Å². The van der Waals surface area contributed by atoms with Crippen LogP contribution >= 0.6 is 12.6 Å². The molecule has 1 atom stereocenters. The van der Waals surface area contributed by atoms with Crippen molar-refractivity contribution in [3.63, 3.8) is 0 Å². The van der Waals surface area contributed by atoms with Crippen LogP contribution in [0, 0.1) is 17.2 Å². The average Bonchev–Trinajstić information content (AvgIpc) is 2.70. The van der Waals surface area contributed by atoms with Crippen molar-refractivity contribution < 1.29 is 19.0 Å². The van der Waals surface area contributed by atoms with Gasteiger partial charge in [0.05, 0.1) is 32.6 Å². The number of thiol groups is 1. The number of carbonyl (C=O) groups is 1. The van der Waals surface area contributed by atoms with Crippen molar-refractivity contribution in [2.45, 2.75) is 44.3 Å². The molecule has 0 aromatic heterocycles. The third-order valence-corrected chi connectivity index (χ3v) is 5.28. The van der Waals surface area contributed by atoms with Crippen molar-refractivity contribution in [3.05, 3.63) is 23.3 Å². The number of methoxy groups -OCH3 is 2. The van der Waals surface area contributed by atoms with Gasteiger partial charge in [-0.3, -0.25) is 9.79 Å². The Kier molecular flexibility index (Phi) is 7.76. The maximum absolute atomic E-state index is 12.1. The predicted molar refractivity (Wildman–Crippen MR) is 112 cm³/mol. The van der Waals surface area contributed by atoms with E-state index in [1.165, 1.54) is 0 Å². The van der Waals surface area contributed by atoms with Crippen molar-refractivity contribution in [2.75, 3.05) is 27.4 Å². The van der Waals surface area contributed by atoms with E-state index in [9.17, 15) is 10.1 Å². The Hall–Kier alpha value is -2.20. The van der Waals surface area contributed by atoms with Crippen molar-refractivity contribution >= 4 is 24.3 Å². The number of hydrogen-bond acceptors (Lipinski definition) is 7. The lowest BCUT2D eigenvalue weighted by atomic mass is 9.87. The summed E-state index contributed by atoms with van der Waals surface area (Å²) in [7, 11) is 3.15. The minimum Gasteiger partial charge on any atom is -0.493 e. The van der Waals surface area contributed by atoms with Crippen LogP contribution in [-0.2, 0) is 16.0 Å². The van der Waals surface area contributed by atoms with E-state index in [1.807, 2.05) is 12.1 Å². The first kappa shape index (κ1) is 22.1. The minimum atomic E-state index is -1.19. The molecule has 1 aromatic rings. The molecule has 152 valence electrons. The fraction of sp³-hybridized carbons (Fsp3) is 0.571. The maximum atomic E-state index is 12.1. The number of ether oxygens (including phenoxy) is 3. The molecule has 1 aromatic carbocycles. The zero-order chi connectivity index (χ0) is 20.7. The summed E-state index contributed by atoms with van der Waals surface area (Å²) in [4.78, 5) is 16.6. The van der Waals surface area contributed by atoms with Gasteiger partial charge in [-0.15, -0.1) is 0 Å². The van der Waals surface area contributed by atoms with E-state index in [1.54, 1.807) is 14.2 Å². The van der Waals surface area contributed by atoms with Gasteiger partial charge in [-0.25, -0.2) is 0 Å². The fourth-order valence-corrected chi connectivity index (χ4v) is 3.37. The standard InChI is InChI=1S/C21H28N2O4S/c1-14(2)7-10-27-19(24)5-8-21(28,13-22)20-16-12-18(26-4)17(25-3)11-15(16)6-9-23-20/h11-12,14,28H,5-10H2,1-4H3. The molecule has 0 spiro atoms. The highest BCUT2D eigenvalue weighted by Crippen LogP contribution is 2.37. The number of hydrogen-bond donors (Lipinski definition) is 1. The van der Waals surface area contributed by atoms with Crippen molar-refractivity contribution in [1.82, 2.24) is 0 Å². The topological polar surface area (TPSA) is 80.9 Å². The molecule has 0 bridgehead atoms. The SMILES string of the molecule is COc1cc2c(cc1OC)C(C(S)(C#N)CCC(=O)OCCC(C)C)=NCC2. The molecule has 1 heterocycles. The van der Waals surface area contributed by atoms with Crippen molar-refractivity contribution in [2.24, 2.45) is 10.9 Å². The van der Waals surface area contributed by atoms with Gasteiger partial charge in [0.25, 0.3) is 0 Å². The van der Waals surface area contributed by atoms with Crippen molar-refractivity contribution in [1.29, 1.82) is 5.26 Å². The second kappa shape index (κ2) is 9.83. The number of aliphatic imine (C=N–C) groups is 1. The summed E-state index contributed by atoms with van der Waals surface area (Å²) in [6, 6.07) is 5.98. The summed E-state index contributed by atoms with van der Waals surface area (Å²) in [5, 5.41) is 9.84. The summed E-state index contributed by atoms with van der Waals surface area (Å²) in [6.07, 6.45) is 1.89. The number of carbonyl (C=O) groups excluding carboxylic acids is 1. The number of rotatable bonds is 9. The van der Waals surface area contributed by atoms with E-state index in [0.717, 1.165) is 24.0 Å². The van der Waals surface area contributed by atoms with E-state index < -0.39 is 4.75 Å². The zero-order valence-corrected chi connectivity index (χ0v) is 17.8. The van der Waals surface area contributed by atoms with E-state index in [4.69, 9.17) is 14.2 Å². The van der Waals surface area contributed by atoms with Gasteiger partial charge in [-0.2, -0.15) is 17.9 Å². The molecule has 0 amide bonds. The Labute approximate surface area is 172 Å². The maximum Gasteiger partial charge on any atom is 0.305 e. The minimum absolute atomic E-state index is 0.108. The lowest BCUT2D eigenvalue weighted by molar-refractivity contribution is -0.144. The highest BCUT2D eigenvalue weighted by molar-refractivity contribution is 7.83. The first-order chi connectivity index (χ1) is 13.3. The molecule has 28 heavy (non-hydrogen) atoms. The molecule has 0 radical (unpaired) electrons. The molecule has 0 saturated carbocycles. The second-order valence-corrected chi connectivity index (χ2v) is 7.98. The van der Waals surface area contributed by atoms with Gasteiger partial charge < -0.3 is 14.2 Å². The van der Waals surface area contributed by atoms with Crippen LogP contribution in [0.1, 0.15) is 44.2 Å². The van der Waals surface area contributed by atoms with E-state index in [2.05, 4.69) is 37.5 Å². The highest BCUT2D eigenvalue weighted by atomic mass is 32.1. The molecule has 1 aliphatic rings. The summed E-state index contributed by atoms with van der Waals surface area (Å²) >= 11 is 4.63. The molecule has 0 saturated heterocycles. The van der Waals surface area contributed by atoms with Gasteiger partial charge in [0.1, 0.15) is 4.75 Å². The van der Waals surface area contributed by atoms with Crippen molar-refractivity contribution in [3.8, 4) is 17.6 Å². The average molecular weight is 405 g/mol. The first-order valence-electron chi connectivity index (χ1n) is 9.44. The summed E-state index contributed by atoms with van der Waals surface area (Å²) in [5.41, 5.74) is 2.40. The fourth-order valence-electron chi connectivity index (χ4n) is 3.07. The molecule has 6 nitrogen and oxygen atoms in total. The molecule has 1 unspecified atom stereocenters. The van der Waals surface area contributed by atoms with Gasteiger partial charge in [0.15, 0.2) is 11.5 Å². The molecule has 0 aliphatic carbocycles. The lowest BCUT2D eigenvalue weighted by Crippen LogP contribution is -2.35. The smallest absolute Gasteiger partial charge is 0.305 e. The number of nitrogens with zero attached hydrogens (tertiary/aromatic N) is 2. The van der Waals surface area contributed by atoms with Crippen LogP contribution in [-0.4, -0.2) is 43.8 Å². The number of benzene rings is 1. The lowest BCUT2D eigenvalue weighted by Gasteiger charge is -2.28. The Balaban J connectivity index is 2.19. The van der Waals surface area contributed by atoms with Gasteiger partial charge >= 0.3 is 5.97 Å². The molecule has 7 heteroatoms. The van der Waals surface area contributed by atoms with Crippen LogP contribution in [0.5, 0.6) is 11.5 Å². The summed E-state index contributed by atoms with van der Waals surface area (Å²) in [6.45, 7) is 5.10. The van der Waals surface area contributed by atoms with Crippen LogP contribution in [0.3, 0.4) is 0 Å². The third kappa shape index (κ3) is 5.20. The molecule has 2 rings (SSSR count). The summed E-state index contributed by atoms with van der Waals surface area (Å²) < 4.78 is 14.8. The van der Waals surface area contributed by atoms with E-state index in [0.29, 0.717) is 36.3 Å². The predicted octanol–water partition coefficient (Wildman–Crippen LogP) is 3.61. The molecular formula is C21H28N2O4S. The van der Waals surface area contributed by atoms with Gasteiger partial charge in [-0.05, 0) is 42.9 Å². The monoisotopic (exact) mass is 404 g/mol. The van der Waals surface area contributed by atoms with E-state index >= 15 is 0 Å². The van der Waals surface area contributed by atoms with Gasteiger partial charge in [0, 0.05) is 18.5 Å². The Morgan fingerprint density at radius 2 is 2.00 bits per heavy atom. The first-order valence-corrected chi connectivity index (χ1v) is 9.88. The van der Waals surface area contributed by atoms with E-state index in [-0.39, 0.29) is 18.8 Å².